The average molecular weight is 332 g/mol. The molecule has 1 aliphatic rings. The molecule has 1 aliphatic heterocycles. The Kier molecular flexibility index (Phi) is 5.79. The summed E-state index contributed by atoms with van der Waals surface area (Å²) in [5, 5.41) is 8.12. The van der Waals surface area contributed by atoms with Crippen LogP contribution in [0.3, 0.4) is 0 Å². The number of hydrogen-bond acceptors (Lipinski definition) is 6. The number of benzene rings is 1. The molecule has 7 heteroatoms. The maximum Gasteiger partial charge on any atom is 0.163 e. The van der Waals surface area contributed by atoms with E-state index in [2.05, 4.69) is 21.2 Å². The van der Waals surface area contributed by atoms with Crippen LogP contribution in [0, 0.1) is 0 Å². The molecule has 0 saturated carbocycles. The lowest BCUT2D eigenvalue weighted by atomic mass is 10.1. The summed E-state index contributed by atoms with van der Waals surface area (Å²) >= 11 is 0. The number of aryl methyl sites for hydroxylation is 1. The number of ether oxygens (including phenoxy) is 3. The predicted molar refractivity (Wildman–Crippen MR) is 88.8 cm³/mol. The van der Waals surface area contributed by atoms with Gasteiger partial charge in [-0.1, -0.05) is 18.2 Å². The monoisotopic (exact) mass is 332 g/mol. The molecule has 0 bridgehead atoms. The second-order valence-electron chi connectivity index (χ2n) is 5.84. The largest absolute Gasteiger partial charge is 0.491 e. The van der Waals surface area contributed by atoms with Crippen molar-refractivity contribution in [3.05, 3.63) is 42.0 Å². The first-order valence-corrected chi connectivity index (χ1v) is 8.15. The molecule has 1 atom stereocenters. The van der Waals surface area contributed by atoms with Gasteiger partial charge in [0.2, 0.25) is 0 Å². The Labute approximate surface area is 142 Å². The molecule has 0 radical (unpaired) electrons. The molecule has 1 aromatic carbocycles. The Morgan fingerprint density at radius 1 is 1.29 bits per heavy atom. The van der Waals surface area contributed by atoms with Crippen molar-refractivity contribution in [3.63, 3.8) is 0 Å². The Morgan fingerprint density at radius 3 is 2.96 bits per heavy atom. The quantitative estimate of drug-likeness (QED) is 0.715. The molecule has 0 unspecified atom stereocenters. The molecule has 2 heterocycles. The van der Waals surface area contributed by atoms with E-state index in [-0.39, 0.29) is 6.10 Å². The number of para-hydroxylation sites is 1. The van der Waals surface area contributed by atoms with Gasteiger partial charge in [0.15, 0.2) is 5.82 Å². The van der Waals surface area contributed by atoms with Gasteiger partial charge in [-0.15, -0.1) is 10.2 Å². The number of methoxy groups -OCH3 is 1. The van der Waals surface area contributed by atoms with E-state index in [4.69, 9.17) is 14.2 Å². The fourth-order valence-electron chi connectivity index (χ4n) is 2.84. The summed E-state index contributed by atoms with van der Waals surface area (Å²) in [6.45, 7) is 4.32. The lowest BCUT2D eigenvalue weighted by Gasteiger charge is -2.32. The molecule has 0 spiro atoms. The van der Waals surface area contributed by atoms with Gasteiger partial charge in [-0.3, -0.25) is 4.90 Å². The van der Waals surface area contributed by atoms with Crippen LogP contribution in [-0.4, -0.2) is 59.7 Å². The van der Waals surface area contributed by atoms with Crippen LogP contribution in [0.5, 0.6) is 5.75 Å². The molecule has 0 amide bonds. The van der Waals surface area contributed by atoms with Crippen LogP contribution in [0.4, 0.5) is 0 Å². The molecule has 7 nitrogen and oxygen atoms in total. The fraction of sp³-hybridized carbons (Fsp3) is 0.529. The van der Waals surface area contributed by atoms with E-state index in [1.165, 1.54) is 5.56 Å². The summed E-state index contributed by atoms with van der Waals surface area (Å²) in [5.41, 5.74) is 1.17. The first-order valence-electron chi connectivity index (χ1n) is 8.15. The Hall–Kier alpha value is -1.96. The van der Waals surface area contributed by atoms with Gasteiger partial charge < -0.3 is 18.8 Å². The highest BCUT2D eigenvalue weighted by molar-refractivity contribution is 5.33. The Balaban J connectivity index is 1.64. The predicted octanol–water partition coefficient (Wildman–Crippen LogP) is 1.41. The van der Waals surface area contributed by atoms with E-state index in [0.717, 1.165) is 31.2 Å². The topological polar surface area (TPSA) is 61.6 Å². The summed E-state index contributed by atoms with van der Waals surface area (Å²) in [4.78, 5) is 2.36. The molecular weight excluding hydrogens is 308 g/mol. The smallest absolute Gasteiger partial charge is 0.163 e. The Bertz CT molecular complexity index is 646. The molecule has 1 fully saturated rings. The van der Waals surface area contributed by atoms with Crippen LogP contribution in [0.1, 0.15) is 17.5 Å². The van der Waals surface area contributed by atoms with Gasteiger partial charge in [0.05, 0.1) is 13.2 Å². The van der Waals surface area contributed by atoms with Gasteiger partial charge in [-0.25, -0.2) is 0 Å². The normalized spacial score (nSPS) is 18.7. The van der Waals surface area contributed by atoms with Gasteiger partial charge in [-0.2, -0.15) is 0 Å². The number of rotatable bonds is 7. The zero-order valence-electron chi connectivity index (χ0n) is 14.2. The minimum absolute atomic E-state index is 0.0483. The van der Waals surface area contributed by atoms with Gasteiger partial charge >= 0.3 is 0 Å². The second kappa shape index (κ2) is 8.23. The van der Waals surface area contributed by atoms with Crippen molar-refractivity contribution in [2.24, 2.45) is 7.05 Å². The minimum atomic E-state index is -0.0483. The molecule has 130 valence electrons. The van der Waals surface area contributed by atoms with Crippen molar-refractivity contribution in [1.82, 2.24) is 19.7 Å². The van der Waals surface area contributed by atoms with Crippen LogP contribution in [0.25, 0.3) is 0 Å². The summed E-state index contributed by atoms with van der Waals surface area (Å²) in [7, 11) is 3.62. The van der Waals surface area contributed by atoms with E-state index in [1.807, 2.05) is 29.8 Å². The van der Waals surface area contributed by atoms with Crippen molar-refractivity contribution in [2.45, 2.75) is 12.6 Å². The lowest BCUT2D eigenvalue weighted by Crippen LogP contribution is -2.38. The van der Waals surface area contributed by atoms with E-state index >= 15 is 0 Å². The SMILES string of the molecule is COCCOc1ccccc1CN1CCO[C@H](c2nncn2C)C1. The third-order valence-electron chi connectivity index (χ3n) is 4.10. The van der Waals surface area contributed by atoms with E-state index < -0.39 is 0 Å². The maximum atomic E-state index is 5.87. The molecule has 2 aromatic rings. The van der Waals surface area contributed by atoms with Crippen molar-refractivity contribution in [3.8, 4) is 5.75 Å². The van der Waals surface area contributed by atoms with Crippen LogP contribution >= 0.6 is 0 Å². The van der Waals surface area contributed by atoms with Crippen molar-refractivity contribution in [1.29, 1.82) is 0 Å². The zero-order chi connectivity index (χ0) is 16.8. The first kappa shape index (κ1) is 16.9. The van der Waals surface area contributed by atoms with Gasteiger partial charge in [0, 0.05) is 39.4 Å². The van der Waals surface area contributed by atoms with Crippen LogP contribution < -0.4 is 4.74 Å². The third kappa shape index (κ3) is 4.11. The molecule has 1 aromatic heterocycles. The van der Waals surface area contributed by atoms with Crippen LogP contribution in [-0.2, 0) is 23.1 Å². The van der Waals surface area contributed by atoms with E-state index in [9.17, 15) is 0 Å². The van der Waals surface area contributed by atoms with Gasteiger partial charge in [0.1, 0.15) is 24.8 Å². The molecule has 0 aliphatic carbocycles. The van der Waals surface area contributed by atoms with Crippen molar-refractivity contribution in [2.75, 3.05) is 40.0 Å². The lowest BCUT2D eigenvalue weighted by molar-refractivity contribution is -0.0387. The highest BCUT2D eigenvalue weighted by Crippen LogP contribution is 2.24. The zero-order valence-corrected chi connectivity index (χ0v) is 14.2. The average Bonchev–Trinajstić information content (AvgIpc) is 3.03. The highest BCUT2D eigenvalue weighted by Gasteiger charge is 2.25. The standard InChI is InChI=1S/C17H24N4O3/c1-20-13-18-19-17(20)16-12-21(7-8-23-16)11-14-5-3-4-6-15(14)24-10-9-22-2/h3-6,13,16H,7-12H2,1-2H3/t16-/m0/s1. The van der Waals surface area contributed by atoms with Crippen molar-refractivity contribution >= 4 is 0 Å². The summed E-state index contributed by atoms with van der Waals surface area (Å²) < 4.78 is 18.7. The number of hydrogen-bond donors (Lipinski definition) is 0. The van der Waals surface area contributed by atoms with Crippen molar-refractivity contribution < 1.29 is 14.2 Å². The number of aromatic nitrogens is 3. The van der Waals surface area contributed by atoms with Crippen LogP contribution in [0.15, 0.2) is 30.6 Å². The molecule has 24 heavy (non-hydrogen) atoms. The molecular formula is C17H24N4O3. The van der Waals surface area contributed by atoms with E-state index in [0.29, 0.717) is 19.8 Å². The fourth-order valence-corrected chi connectivity index (χ4v) is 2.84. The molecule has 0 N–H and O–H groups in total. The number of nitrogens with zero attached hydrogens (tertiary/aromatic N) is 4. The minimum Gasteiger partial charge on any atom is -0.491 e. The number of morpholine rings is 1. The van der Waals surface area contributed by atoms with Crippen LogP contribution in [0.2, 0.25) is 0 Å². The third-order valence-corrected chi connectivity index (χ3v) is 4.10. The second-order valence-corrected chi connectivity index (χ2v) is 5.84. The first-order chi connectivity index (χ1) is 11.8. The summed E-state index contributed by atoms with van der Waals surface area (Å²) in [5.74, 6) is 1.78. The summed E-state index contributed by atoms with van der Waals surface area (Å²) in [6.07, 6.45) is 1.66. The Morgan fingerprint density at radius 2 is 2.17 bits per heavy atom. The van der Waals surface area contributed by atoms with Gasteiger partial charge in [-0.05, 0) is 6.07 Å². The highest BCUT2D eigenvalue weighted by atomic mass is 16.5. The maximum absolute atomic E-state index is 5.87. The molecule has 1 saturated heterocycles. The molecule has 3 rings (SSSR count). The van der Waals surface area contributed by atoms with E-state index in [1.54, 1.807) is 13.4 Å². The summed E-state index contributed by atoms with van der Waals surface area (Å²) in [6, 6.07) is 8.15. The van der Waals surface area contributed by atoms with Gasteiger partial charge in [0.25, 0.3) is 0 Å².